The Morgan fingerprint density at radius 2 is 1.71 bits per heavy atom. The lowest BCUT2D eigenvalue weighted by Gasteiger charge is -2.26. The zero-order valence-corrected chi connectivity index (χ0v) is 25.7. The molecule has 2 aromatic heterocycles. The minimum atomic E-state index is -0.0535. The summed E-state index contributed by atoms with van der Waals surface area (Å²) < 4.78 is 5.13. The third kappa shape index (κ3) is 9.22. The fraction of sp³-hybridized carbons (Fsp3) is 0.471. The molecule has 220 valence electrons. The number of nitrogen functional groups attached to an aromatic ring is 1. The van der Waals surface area contributed by atoms with Crippen LogP contribution in [0.4, 0.5) is 17.3 Å². The number of hydrogen-bond acceptors (Lipinski definition) is 7. The Morgan fingerprint density at radius 3 is 2.27 bits per heavy atom. The van der Waals surface area contributed by atoms with Crippen molar-refractivity contribution in [2.45, 2.75) is 86.0 Å². The molecule has 0 atom stereocenters. The number of nitrogens with one attached hydrogen (secondary N) is 1. The number of carbonyl (C=O) groups excluding carboxylic acids is 1. The van der Waals surface area contributed by atoms with Crippen molar-refractivity contribution in [3.05, 3.63) is 65.0 Å². The van der Waals surface area contributed by atoms with Crippen molar-refractivity contribution in [3.63, 3.8) is 0 Å². The Labute approximate surface area is 246 Å². The van der Waals surface area contributed by atoms with Crippen LogP contribution in [0, 0.1) is 12.8 Å². The number of aryl methyl sites for hydroxylation is 1. The lowest BCUT2D eigenvalue weighted by molar-refractivity contribution is 0.101. The quantitative estimate of drug-likeness (QED) is 0.190. The average molecular weight is 558 g/mol. The average Bonchev–Trinajstić information content (AvgIpc) is 2.96. The largest absolute Gasteiger partial charge is 0.382 e. The lowest BCUT2D eigenvalue weighted by atomic mass is 9.79. The summed E-state index contributed by atoms with van der Waals surface area (Å²) >= 11 is 0. The molecule has 1 aromatic carbocycles. The molecule has 0 spiro atoms. The predicted octanol–water partition coefficient (Wildman–Crippen LogP) is 8.53. The van der Waals surface area contributed by atoms with Crippen molar-refractivity contribution < 1.29 is 9.53 Å². The second-order valence-electron chi connectivity index (χ2n) is 10.9. The number of allylic oxidation sites excluding steroid dienone is 1. The van der Waals surface area contributed by atoms with Gasteiger partial charge in [-0.05, 0) is 87.6 Å². The molecular formula is C34H47N5O2. The number of benzene rings is 1. The summed E-state index contributed by atoms with van der Waals surface area (Å²) in [6.45, 7) is 13.7. The number of nitrogens with zero attached hydrogens (tertiary/aromatic N) is 3. The van der Waals surface area contributed by atoms with Gasteiger partial charge in [-0.25, -0.2) is 15.0 Å². The van der Waals surface area contributed by atoms with E-state index in [1.54, 1.807) is 13.1 Å². The summed E-state index contributed by atoms with van der Waals surface area (Å²) in [7, 11) is 0. The van der Waals surface area contributed by atoms with Gasteiger partial charge in [-0.3, -0.25) is 4.79 Å². The normalized spacial score (nSPS) is 16.7. The highest BCUT2D eigenvalue weighted by molar-refractivity contribution is 6.03. The van der Waals surface area contributed by atoms with Crippen LogP contribution in [-0.4, -0.2) is 33.9 Å². The highest BCUT2D eigenvalue weighted by atomic mass is 16.5. The van der Waals surface area contributed by atoms with Crippen LogP contribution in [0.2, 0.25) is 0 Å². The molecule has 0 bridgehead atoms. The first-order valence-electron chi connectivity index (χ1n) is 15.0. The summed E-state index contributed by atoms with van der Waals surface area (Å²) in [6, 6.07) is 10.4. The van der Waals surface area contributed by atoms with Gasteiger partial charge in [-0.15, -0.1) is 0 Å². The molecule has 4 rings (SSSR count). The molecule has 7 heteroatoms. The molecular weight excluding hydrogens is 510 g/mol. The smallest absolute Gasteiger partial charge is 0.164 e. The van der Waals surface area contributed by atoms with E-state index in [-0.39, 0.29) is 5.78 Å². The van der Waals surface area contributed by atoms with Crippen molar-refractivity contribution in [3.8, 4) is 11.4 Å². The molecule has 2 heterocycles. The van der Waals surface area contributed by atoms with Crippen LogP contribution in [0.3, 0.4) is 0 Å². The van der Waals surface area contributed by atoms with Gasteiger partial charge in [-0.1, -0.05) is 57.9 Å². The maximum Gasteiger partial charge on any atom is 0.164 e. The van der Waals surface area contributed by atoms with Gasteiger partial charge in [0, 0.05) is 18.9 Å². The van der Waals surface area contributed by atoms with Crippen LogP contribution in [0.5, 0.6) is 0 Å². The summed E-state index contributed by atoms with van der Waals surface area (Å²) in [6.07, 6.45) is 12.8. The van der Waals surface area contributed by atoms with Gasteiger partial charge in [0.2, 0.25) is 0 Å². The van der Waals surface area contributed by atoms with E-state index in [2.05, 4.69) is 60.3 Å². The number of Topliss-reactive ketones (excluding diaryl/α,β-unsaturated/α-hetero) is 1. The SMILES string of the molecule is C/C=C\c1cc(-c2cnc(N)c(C)n2)nc(Nc2ccc(C3CCC(C)CC3)cc2)c1C(C)=O.CCCOCCC. The number of ether oxygens (including phenoxy) is 1. The van der Waals surface area contributed by atoms with Crippen LogP contribution in [0.15, 0.2) is 42.6 Å². The van der Waals surface area contributed by atoms with Gasteiger partial charge < -0.3 is 15.8 Å². The Kier molecular flexibility index (Phi) is 12.5. The summed E-state index contributed by atoms with van der Waals surface area (Å²) in [5.74, 6) is 2.31. The molecule has 0 amide bonds. The van der Waals surface area contributed by atoms with Gasteiger partial charge in [0.05, 0.1) is 23.1 Å². The molecule has 0 radical (unpaired) electrons. The number of pyridine rings is 1. The fourth-order valence-corrected chi connectivity index (χ4v) is 5.04. The van der Waals surface area contributed by atoms with E-state index in [0.29, 0.717) is 40.2 Å². The van der Waals surface area contributed by atoms with Crippen LogP contribution in [0.25, 0.3) is 17.5 Å². The van der Waals surface area contributed by atoms with Crippen LogP contribution < -0.4 is 11.1 Å². The number of carbonyl (C=O) groups is 1. The number of anilines is 3. The van der Waals surface area contributed by atoms with Gasteiger partial charge in [0.15, 0.2) is 5.78 Å². The molecule has 0 aliphatic heterocycles. The van der Waals surface area contributed by atoms with E-state index in [4.69, 9.17) is 15.5 Å². The second kappa shape index (κ2) is 16.0. The van der Waals surface area contributed by atoms with Crippen molar-refractivity contribution in [2.24, 2.45) is 5.92 Å². The summed E-state index contributed by atoms with van der Waals surface area (Å²) in [5.41, 5.74) is 11.3. The minimum absolute atomic E-state index is 0.0535. The highest BCUT2D eigenvalue weighted by Gasteiger charge is 2.20. The van der Waals surface area contributed by atoms with E-state index in [0.717, 1.165) is 43.2 Å². The molecule has 3 aromatic rings. The number of nitrogens with two attached hydrogens (primary N) is 1. The monoisotopic (exact) mass is 557 g/mol. The maximum atomic E-state index is 12.6. The number of aromatic nitrogens is 3. The minimum Gasteiger partial charge on any atom is -0.382 e. The van der Waals surface area contributed by atoms with Crippen molar-refractivity contribution in [1.29, 1.82) is 0 Å². The van der Waals surface area contributed by atoms with Crippen molar-refractivity contribution in [1.82, 2.24) is 15.0 Å². The molecule has 1 aliphatic rings. The van der Waals surface area contributed by atoms with Gasteiger partial charge in [0.25, 0.3) is 0 Å². The first-order chi connectivity index (χ1) is 19.8. The Hall–Kier alpha value is -3.58. The summed E-state index contributed by atoms with van der Waals surface area (Å²) in [4.78, 5) is 26.2. The Bertz CT molecular complexity index is 1290. The van der Waals surface area contributed by atoms with Gasteiger partial charge >= 0.3 is 0 Å². The zero-order chi connectivity index (χ0) is 29.8. The Morgan fingerprint density at radius 1 is 1.05 bits per heavy atom. The first-order valence-corrected chi connectivity index (χ1v) is 15.0. The number of ketones is 1. The lowest BCUT2D eigenvalue weighted by Crippen LogP contribution is -2.11. The van der Waals surface area contributed by atoms with Crippen LogP contribution in [-0.2, 0) is 4.74 Å². The first kappa shape index (κ1) is 31.9. The van der Waals surface area contributed by atoms with E-state index in [1.165, 1.54) is 31.2 Å². The molecule has 41 heavy (non-hydrogen) atoms. The van der Waals surface area contributed by atoms with Crippen molar-refractivity contribution >= 4 is 29.2 Å². The Balaban J connectivity index is 0.000000587. The standard InChI is InChI=1S/C28H33N5O.C6H14O/c1-5-6-22-15-24(25-16-30-27(29)18(3)31-25)33-28(26(22)19(4)34)32-23-13-11-21(12-14-23)20-9-7-17(2)8-10-20;1-3-5-7-6-4-2/h5-6,11-17,20H,7-10H2,1-4H3,(H2,29,30)(H,32,33);3-6H2,1-2H3/b6-5-;. The molecule has 0 unspecified atom stereocenters. The third-order valence-corrected chi connectivity index (χ3v) is 7.35. The summed E-state index contributed by atoms with van der Waals surface area (Å²) in [5, 5.41) is 3.39. The second-order valence-corrected chi connectivity index (χ2v) is 10.9. The van der Waals surface area contributed by atoms with E-state index in [1.807, 2.05) is 32.1 Å². The van der Waals surface area contributed by atoms with Crippen LogP contribution >= 0.6 is 0 Å². The molecule has 1 saturated carbocycles. The number of rotatable bonds is 10. The topological polar surface area (TPSA) is 103 Å². The predicted molar refractivity (Wildman–Crippen MR) is 171 cm³/mol. The highest BCUT2D eigenvalue weighted by Crippen LogP contribution is 2.36. The molecule has 1 fully saturated rings. The maximum absolute atomic E-state index is 12.6. The molecule has 0 saturated heterocycles. The van der Waals surface area contributed by atoms with Gasteiger partial charge in [0.1, 0.15) is 17.3 Å². The van der Waals surface area contributed by atoms with E-state index < -0.39 is 0 Å². The molecule has 3 N–H and O–H groups in total. The van der Waals surface area contributed by atoms with E-state index >= 15 is 0 Å². The fourth-order valence-electron chi connectivity index (χ4n) is 5.04. The van der Waals surface area contributed by atoms with Crippen molar-refractivity contribution in [2.75, 3.05) is 24.3 Å². The molecule has 1 aliphatic carbocycles. The number of hydrogen-bond donors (Lipinski definition) is 2. The zero-order valence-electron chi connectivity index (χ0n) is 25.7. The third-order valence-electron chi connectivity index (χ3n) is 7.35. The van der Waals surface area contributed by atoms with Crippen LogP contribution in [0.1, 0.15) is 106 Å². The van der Waals surface area contributed by atoms with E-state index in [9.17, 15) is 4.79 Å². The van der Waals surface area contributed by atoms with Gasteiger partial charge in [-0.2, -0.15) is 0 Å². The molecule has 7 nitrogen and oxygen atoms in total.